The summed E-state index contributed by atoms with van der Waals surface area (Å²) < 4.78 is 6.49. The first kappa shape index (κ1) is 14.8. The van der Waals surface area contributed by atoms with Gasteiger partial charge in [-0.1, -0.05) is 42.3 Å². The lowest BCUT2D eigenvalue weighted by Crippen LogP contribution is -2.04. The molecule has 0 saturated carbocycles. The average molecular weight is 320 g/mol. The normalized spacial score (nSPS) is 14.4. The fourth-order valence-electron chi connectivity index (χ4n) is 1.90. The van der Waals surface area contributed by atoms with Crippen LogP contribution in [0.2, 0.25) is 0 Å². The number of hydrogen-bond donors (Lipinski definition) is 0. The van der Waals surface area contributed by atoms with E-state index in [0.717, 1.165) is 22.2 Å². The Balaban J connectivity index is 2.83. The second-order valence-corrected chi connectivity index (χ2v) is 5.61. The van der Waals surface area contributed by atoms with Crippen molar-refractivity contribution in [3.8, 4) is 5.75 Å². The number of halogens is 2. The van der Waals surface area contributed by atoms with E-state index < -0.39 is 0 Å². The molecule has 2 atom stereocenters. The Kier molecular flexibility index (Phi) is 6.35. The van der Waals surface area contributed by atoms with Crippen LogP contribution in [-0.2, 0) is 0 Å². The van der Waals surface area contributed by atoms with E-state index in [1.807, 2.05) is 19.1 Å². The van der Waals surface area contributed by atoms with E-state index in [2.05, 4.69) is 35.8 Å². The number of rotatable bonds is 6. The Morgan fingerprint density at radius 3 is 2.59 bits per heavy atom. The summed E-state index contributed by atoms with van der Waals surface area (Å²) in [5.41, 5.74) is 1.15. The van der Waals surface area contributed by atoms with Gasteiger partial charge in [-0.05, 0) is 37.0 Å². The summed E-state index contributed by atoms with van der Waals surface area (Å²) in [5, 5.41) is 0.0556. The highest BCUT2D eigenvalue weighted by molar-refractivity contribution is 9.10. The SMILES string of the molecule is CCCC(C)C(Cl)c1ccc(OCC)cc1Br. The van der Waals surface area contributed by atoms with Gasteiger partial charge in [-0.3, -0.25) is 0 Å². The molecule has 0 aliphatic rings. The molecule has 0 amide bonds. The maximum atomic E-state index is 6.50. The van der Waals surface area contributed by atoms with E-state index >= 15 is 0 Å². The van der Waals surface area contributed by atoms with E-state index in [4.69, 9.17) is 16.3 Å². The quantitative estimate of drug-likeness (QED) is 0.623. The zero-order valence-corrected chi connectivity index (χ0v) is 13.0. The molecule has 1 aromatic carbocycles. The Morgan fingerprint density at radius 2 is 2.06 bits per heavy atom. The lowest BCUT2D eigenvalue weighted by molar-refractivity contribution is 0.340. The van der Waals surface area contributed by atoms with Crippen LogP contribution in [0.15, 0.2) is 22.7 Å². The molecule has 0 spiro atoms. The van der Waals surface area contributed by atoms with Crippen molar-refractivity contribution in [2.24, 2.45) is 5.92 Å². The van der Waals surface area contributed by atoms with Gasteiger partial charge in [0, 0.05) is 4.47 Å². The van der Waals surface area contributed by atoms with Gasteiger partial charge < -0.3 is 4.74 Å². The van der Waals surface area contributed by atoms with Crippen LogP contribution in [0.25, 0.3) is 0 Å². The molecule has 3 heteroatoms. The first-order valence-corrected chi connectivity index (χ1v) is 7.39. The number of hydrogen-bond acceptors (Lipinski definition) is 1. The van der Waals surface area contributed by atoms with E-state index in [-0.39, 0.29) is 5.38 Å². The van der Waals surface area contributed by atoms with Gasteiger partial charge >= 0.3 is 0 Å². The lowest BCUT2D eigenvalue weighted by Gasteiger charge is -2.19. The van der Waals surface area contributed by atoms with Crippen LogP contribution in [0.1, 0.15) is 44.6 Å². The molecule has 0 radical (unpaired) electrons. The summed E-state index contributed by atoms with van der Waals surface area (Å²) in [7, 11) is 0. The largest absolute Gasteiger partial charge is 0.494 e. The van der Waals surface area contributed by atoms with Crippen molar-refractivity contribution in [1.29, 1.82) is 0 Å². The monoisotopic (exact) mass is 318 g/mol. The topological polar surface area (TPSA) is 9.23 Å². The molecule has 0 aliphatic carbocycles. The summed E-state index contributed by atoms with van der Waals surface area (Å²) in [6.07, 6.45) is 2.31. The third-order valence-corrected chi connectivity index (χ3v) is 4.18. The molecule has 0 aromatic heterocycles. The number of alkyl halides is 1. The fourth-order valence-corrected chi connectivity index (χ4v) is 2.95. The first-order chi connectivity index (χ1) is 8.10. The van der Waals surface area contributed by atoms with E-state index in [0.29, 0.717) is 12.5 Å². The highest BCUT2D eigenvalue weighted by Crippen LogP contribution is 2.37. The molecule has 0 bridgehead atoms. The Morgan fingerprint density at radius 1 is 1.35 bits per heavy atom. The minimum absolute atomic E-state index is 0.0556. The Labute approximate surface area is 118 Å². The molecule has 0 N–H and O–H groups in total. The van der Waals surface area contributed by atoms with Crippen molar-refractivity contribution in [1.82, 2.24) is 0 Å². The van der Waals surface area contributed by atoms with Gasteiger partial charge in [0.1, 0.15) is 5.75 Å². The molecular formula is C14H20BrClO. The predicted octanol–water partition coefficient (Wildman–Crippen LogP) is 5.56. The van der Waals surface area contributed by atoms with Crippen molar-refractivity contribution >= 4 is 27.5 Å². The minimum Gasteiger partial charge on any atom is -0.494 e. The van der Waals surface area contributed by atoms with Crippen molar-refractivity contribution in [2.45, 2.75) is 39.0 Å². The fraction of sp³-hybridized carbons (Fsp3) is 0.571. The Bertz CT molecular complexity index is 354. The van der Waals surface area contributed by atoms with Crippen molar-refractivity contribution in [3.63, 3.8) is 0 Å². The van der Waals surface area contributed by atoms with Gasteiger partial charge in [-0.25, -0.2) is 0 Å². The molecule has 96 valence electrons. The van der Waals surface area contributed by atoms with Gasteiger partial charge in [0.25, 0.3) is 0 Å². The van der Waals surface area contributed by atoms with Gasteiger partial charge in [-0.2, -0.15) is 0 Å². The van der Waals surface area contributed by atoms with Gasteiger partial charge in [0.2, 0.25) is 0 Å². The summed E-state index contributed by atoms with van der Waals surface area (Å²) in [4.78, 5) is 0. The molecule has 1 aromatic rings. The smallest absolute Gasteiger partial charge is 0.120 e. The van der Waals surface area contributed by atoms with Crippen LogP contribution < -0.4 is 4.74 Å². The standard InChI is InChI=1S/C14H20BrClO/c1-4-6-10(3)14(16)12-8-7-11(17-5-2)9-13(12)15/h7-10,14H,4-6H2,1-3H3. The van der Waals surface area contributed by atoms with Gasteiger partial charge in [0.05, 0.1) is 12.0 Å². The summed E-state index contributed by atoms with van der Waals surface area (Å²) in [6.45, 7) is 7.05. The molecule has 0 fully saturated rings. The average Bonchev–Trinajstić information content (AvgIpc) is 2.29. The zero-order valence-electron chi connectivity index (χ0n) is 10.7. The van der Waals surface area contributed by atoms with E-state index in [9.17, 15) is 0 Å². The highest BCUT2D eigenvalue weighted by Gasteiger charge is 2.18. The van der Waals surface area contributed by atoms with E-state index in [1.165, 1.54) is 6.42 Å². The van der Waals surface area contributed by atoms with Crippen molar-refractivity contribution < 1.29 is 4.74 Å². The van der Waals surface area contributed by atoms with Gasteiger partial charge in [0.15, 0.2) is 0 Å². The molecule has 1 rings (SSSR count). The van der Waals surface area contributed by atoms with Gasteiger partial charge in [-0.15, -0.1) is 11.6 Å². The zero-order chi connectivity index (χ0) is 12.8. The van der Waals surface area contributed by atoms with Crippen molar-refractivity contribution in [3.05, 3.63) is 28.2 Å². The second-order valence-electron chi connectivity index (χ2n) is 4.28. The predicted molar refractivity (Wildman–Crippen MR) is 78.0 cm³/mol. The third-order valence-electron chi connectivity index (χ3n) is 2.82. The maximum absolute atomic E-state index is 6.50. The summed E-state index contributed by atoms with van der Waals surface area (Å²) >= 11 is 10.1. The van der Waals surface area contributed by atoms with Crippen LogP contribution in [-0.4, -0.2) is 6.61 Å². The second kappa shape index (κ2) is 7.27. The minimum atomic E-state index is 0.0556. The lowest BCUT2D eigenvalue weighted by atomic mass is 9.96. The molecule has 2 unspecified atom stereocenters. The van der Waals surface area contributed by atoms with Crippen LogP contribution in [0.5, 0.6) is 5.75 Å². The number of benzene rings is 1. The van der Waals surface area contributed by atoms with E-state index in [1.54, 1.807) is 0 Å². The molecule has 0 heterocycles. The summed E-state index contributed by atoms with van der Waals surface area (Å²) in [6, 6.07) is 6.03. The van der Waals surface area contributed by atoms with Crippen LogP contribution in [0.3, 0.4) is 0 Å². The first-order valence-electron chi connectivity index (χ1n) is 6.16. The highest BCUT2D eigenvalue weighted by atomic mass is 79.9. The molecular weight excluding hydrogens is 300 g/mol. The van der Waals surface area contributed by atoms with Crippen LogP contribution in [0.4, 0.5) is 0 Å². The molecule has 0 aliphatic heterocycles. The molecule has 17 heavy (non-hydrogen) atoms. The number of ether oxygens (including phenoxy) is 1. The molecule has 1 nitrogen and oxygen atoms in total. The maximum Gasteiger partial charge on any atom is 0.120 e. The van der Waals surface area contributed by atoms with Crippen molar-refractivity contribution in [2.75, 3.05) is 6.61 Å². The molecule has 0 saturated heterocycles. The van der Waals surface area contributed by atoms with Crippen LogP contribution in [0, 0.1) is 5.92 Å². The Hall–Kier alpha value is -0.210. The summed E-state index contributed by atoms with van der Waals surface area (Å²) in [5.74, 6) is 1.37. The van der Waals surface area contributed by atoms with Crippen LogP contribution >= 0.6 is 27.5 Å². The third kappa shape index (κ3) is 4.18.